The Bertz CT molecular complexity index is 1350. The Morgan fingerprint density at radius 2 is 1.46 bits per heavy atom. The topological polar surface area (TPSA) is 108 Å². The second-order valence-corrected chi connectivity index (χ2v) is 11.0. The highest BCUT2D eigenvalue weighted by atomic mass is 16.6. The molecule has 1 fully saturated rings. The van der Waals surface area contributed by atoms with Gasteiger partial charge in [0.2, 0.25) is 0 Å². The van der Waals surface area contributed by atoms with Gasteiger partial charge >= 0.3 is 12.1 Å². The summed E-state index contributed by atoms with van der Waals surface area (Å²) >= 11 is 0. The van der Waals surface area contributed by atoms with Crippen LogP contribution in [0.1, 0.15) is 43.9 Å². The predicted octanol–water partition coefficient (Wildman–Crippen LogP) is 5.01. The van der Waals surface area contributed by atoms with Crippen LogP contribution in [0.2, 0.25) is 0 Å². The Labute approximate surface area is 240 Å². The number of amides is 1. The first-order valence-electron chi connectivity index (χ1n) is 13.7. The summed E-state index contributed by atoms with van der Waals surface area (Å²) in [6.07, 6.45) is -1.00. The van der Waals surface area contributed by atoms with E-state index in [1.54, 1.807) is 45.0 Å². The van der Waals surface area contributed by atoms with Crippen molar-refractivity contribution in [3.8, 4) is 5.75 Å². The van der Waals surface area contributed by atoms with Crippen molar-refractivity contribution in [2.75, 3.05) is 0 Å². The van der Waals surface area contributed by atoms with Crippen molar-refractivity contribution < 1.29 is 33.4 Å². The quantitative estimate of drug-likeness (QED) is 0.261. The largest absolute Gasteiger partial charge is 0.489 e. The Hall–Kier alpha value is -4.46. The third kappa shape index (κ3) is 8.51. The molecule has 8 heteroatoms. The number of ether oxygens (including phenoxy) is 3. The van der Waals surface area contributed by atoms with Gasteiger partial charge in [-0.05, 0) is 68.9 Å². The fourth-order valence-electron chi connectivity index (χ4n) is 4.54. The summed E-state index contributed by atoms with van der Waals surface area (Å²) in [7, 11) is 0. The highest BCUT2D eigenvalue weighted by Crippen LogP contribution is 2.25. The summed E-state index contributed by atoms with van der Waals surface area (Å²) in [5.74, 6) is -3.17. The van der Waals surface area contributed by atoms with Crippen molar-refractivity contribution >= 4 is 23.6 Å². The summed E-state index contributed by atoms with van der Waals surface area (Å²) in [6, 6.07) is 25.1. The van der Waals surface area contributed by atoms with E-state index in [4.69, 9.17) is 14.2 Å². The van der Waals surface area contributed by atoms with Crippen molar-refractivity contribution in [2.24, 2.45) is 5.92 Å². The maximum absolute atomic E-state index is 13.6. The molecule has 1 aliphatic rings. The molecule has 8 nitrogen and oxygen atoms in total. The Balaban J connectivity index is 1.45. The number of benzene rings is 3. The van der Waals surface area contributed by atoms with Gasteiger partial charge in [0.1, 0.15) is 18.0 Å². The summed E-state index contributed by atoms with van der Waals surface area (Å²) < 4.78 is 16.5. The average Bonchev–Trinajstić information content (AvgIpc) is 3.23. The van der Waals surface area contributed by atoms with Crippen LogP contribution in [0.3, 0.4) is 0 Å². The number of carbonyl (C=O) groups is 4. The van der Waals surface area contributed by atoms with E-state index >= 15 is 0 Å². The maximum Gasteiger partial charge on any atom is 0.408 e. The lowest BCUT2D eigenvalue weighted by atomic mass is 9.89. The Morgan fingerprint density at radius 1 is 0.854 bits per heavy atom. The number of ketones is 2. The van der Waals surface area contributed by atoms with Gasteiger partial charge in [0, 0.05) is 0 Å². The standard InChI is InChI=1S/C33H35NO7/c1-33(2,3)41-32(38)34-26(20-23-14-17-25(18-15-23)39-21-24-12-8-5-9-13-24)29(35)28-30(36)27(40-31(28)37)19-16-22-10-6-4-7-11-22/h4-15,17-18,26-28H,16,19-21H2,1-3H3,(H,34,38). The van der Waals surface area contributed by atoms with Crippen LogP contribution < -0.4 is 10.1 Å². The van der Waals surface area contributed by atoms with E-state index in [0.29, 0.717) is 24.3 Å². The van der Waals surface area contributed by atoms with E-state index in [9.17, 15) is 19.2 Å². The molecule has 3 atom stereocenters. The van der Waals surface area contributed by atoms with E-state index in [1.807, 2.05) is 60.7 Å². The Morgan fingerprint density at radius 3 is 2.07 bits per heavy atom. The van der Waals surface area contributed by atoms with Gasteiger partial charge in [-0.2, -0.15) is 0 Å². The third-order valence-electron chi connectivity index (χ3n) is 6.56. The lowest BCUT2D eigenvalue weighted by Crippen LogP contribution is -2.49. The van der Waals surface area contributed by atoms with Crippen molar-refractivity contribution in [1.29, 1.82) is 0 Å². The zero-order chi connectivity index (χ0) is 29.4. The molecule has 1 heterocycles. The monoisotopic (exact) mass is 557 g/mol. The summed E-state index contributed by atoms with van der Waals surface area (Å²) in [6.45, 7) is 5.51. The van der Waals surface area contributed by atoms with Crippen LogP contribution in [0.15, 0.2) is 84.9 Å². The second-order valence-electron chi connectivity index (χ2n) is 11.0. The fourth-order valence-corrected chi connectivity index (χ4v) is 4.54. The van der Waals surface area contributed by atoms with Crippen LogP contribution in [-0.4, -0.2) is 41.4 Å². The number of carbonyl (C=O) groups excluding carboxylic acids is 4. The van der Waals surface area contributed by atoms with Gasteiger partial charge in [0.05, 0.1) is 6.04 Å². The fraction of sp³-hybridized carbons (Fsp3) is 0.333. The van der Waals surface area contributed by atoms with Crippen LogP contribution in [0.4, 0.5) is 4.79 Å². The lowest BCUT2D eigenvalue weighted by molar-refractivity contribution is -0.147. The molecule has 0 radical (unpaired) electrons. The van der Waals surface area contributed by atoms with Crippen molar-refractivity contribution in [3.05, 3.63) is 102 Å². The number of alkyl carbamates (subject to hydrolysis) is 1. The van der Waals surface area contributed by atoms with Gasteiger partial charge in [0.15, 0.2) is 23.6 Å². The molecule has 0 saturated carbocycles. The molecule has 1 N–H and O–H groups in total. The lowest BCUT2D eigenvalue weighted by Gasteiger charge is -2.24. The molecule has 3 aromatic carbocycles. The second kappa shape index (κ2) is 13.3. The van der Waals surface area contributed by atoms with E-state index in [-0.39, 0.29) is 12.8 Å². The number of rotatable bonds is 11. The van der Waals surface area contributed by atoms with Crippen molar-refractivity contribution in [1.82, 2.24) is 5.32 Å². The number of esters is 1. The molecular weight excluding hydrogens is 522 g/mol. The first kappa shape index (κ1) is 29.5. The molecule has 0 aliphatic carbocycles. The molecule has 41 heavy (non-hydrogen) atoms. The molecule has 0 aromatic heterocycles. The smallest absolute Gasteiger partial charge is 0.408 e. The SMILES string of the molecule is CC(C)(C)OC(=O)NC(Cc1ccc(OCc2ccccc2)cc1)C(=O)C1C(=O)OC(CCc2ccccc2)C1=O. The summed E-state index contributed by atoms with van der Waals surface area (Å²) in [4.78, 5) is 52.1. The number of hydrogen-bond acceptors (Lipinski definition) is 7. The first-order valence-corrected chi connectivity index (χ1v) is 13.7. The van der Waals surface area contributed by atoms with E-state index in [0.717, 1.165) is 11.1 Å². The molecule has 0 bridgehead atoms. The van der Waals surface area contributed by atoms with Gasteiger partial charge in [-0.15, -0.1) is 0 Å². The number of hydrogen-bond donors (Lipinski definition) is 1. The number of nitrogens with one attached hydrogen (secondary N) is 1. The van der Waals surface area contributed by atoms with Gasteiger partial charge < -0.3 is 19.5 Å². The number of cyclic esters (lactones) is 1. The molecule has 3 aromatic rings. The minimum atomic E-state index is -1.61. The Kier molecular flexibility index (Phi) is 9.55. The zero-order valence-electron chi connectivity index (χ0n) is 23.5. The number of aryl methyl sites for hydroxylation is 1. The molecule has 1 saturated heterocycles. The van der Waals surface area contributed by atoms with Crippen molar-refractivity contribution in [2.45, 2.75) is 64.4 Å². The molecule has 214 valence electrons. The van der Waals surface area contributed by atoms with Crippen molar-refractivity contribution in [3.63, 3.8) is 0 Å². The van der Waals surface area contributed by atoms with E-state index in [1.165, 1.54) is 0 Å². The highest BCUT2D eigenvalue weighted by Gasteiger charge is 2.49. The average molecular weight is 558 g/mol. The molecule has 4 rings (SSSR count). The zero-order valence-corrected chi connectivity index (χ0v) is 23.5. The van der Waals surface area contributed by atoms with Crippen LogP contribution in [-0.2, 0) is 43.3 Å². The first-order chi connectivity index (χ1) is 19.6. The predicted molar refractivity (Wildman–Crippen MR) is 152 cm³/mol. The molecule has 0 spiro atoms. The number of Topliss-reactive ketones (excluding diaryl/α,β-unsaturated/α-hetero) is 2. The minimum Gasteiger partial charge on any atom is -0.489 e. The minimum absolute atomic E-state index is 0.0444. The molecule has 1 aliphatic heterocycles. The third-order valence-corrected chi connectivity index (χ3v) is 6.56. The van der Waals surface area contributed by atoms with Crippen LogP contribution in [0.25, 0.3) is 0 Å². The van der Waals surface area contributed by atoms with Crippen LogP contribution in [0, 0.1) is 5.92 Å². The highest BCUT2D eigenvalue weighted by molar-refractivity contribution is 6.23. The normalized spacial score (nSPS) is 17.4. The van der Waals surface area contributed by atoms with Crippen LogP contribution in [0.5, 0.6) is 5.75 Å². The molecular formula is C33H35NO7. The van der Waals surface area contributed by atoms with Gasteiger partial charge in [0.25, 0.3) is 0 Å². The molecule has 1 amide bonds. The van der Waals surface area contributed by atoms with E-state index in [2.05, 4.69) is 5.32 Å². The van der Waals surface area contributed by atoms with E-state index < -0.39 is 47.3 Å². The van der Waals surface area contributed by atoms with Gasteiger partial charge in [-0.3, -0.25) is 14.4 Å². The maximum atomic E-state index is 13.6. The molecule has 3 unspecified atom stereocenters. The summed E-state index contributed by atoms with van der Waals surface area (Å²) in [5, 5.41) is 2.57. The van der Waals surface area contributed by atoms with Gasteiger partial charge in [-0.25, -0.2) is 4.79 Å². The summed E-state index contributed by atoms with van der Waals surface area (Å²) in [5.41, 5.74) is 1.91. The van der Waals surface area contributed by atoms with Crippen LogP contribution >= 0.6 is 0 Å². The van der Waals surface area contributed by atoms with Gasteiger partial charge in [-0.1, -0.05) is 72.8 Å².